The first-order valence-electron chi connectivity index (χ1n) is 7.76. The van der Waals surface area contributed by atoms with Crippen molar-refractivity contribution in [3.05, 3.63) is 47.7 Å². The number of nitrogens with one attached hydrogen (secondary N) is 1. The van der Waals surface area contributed by atoms with Crippen LogP contribution in [0.2, 0.25) is 0 Å². The highest BCUT2D eigenvalue weighted by molar-refractivity contribution is 7.99. The predicted octanol–water partition coefficient (Wildman–Crippen LogP) is 3.23. The lowest BCUT2D eigenvalue weighted by molar-refractivity contribution is 0.339. The summed E-state index contributed by atoms with van der Waals surface area (Å²) in [4.78, 5) is 9.20. The van der Waals surface area contributed by atoms with E-state index in [1.807, 2.05) is 7.05 Å². The monoisotopic (exact) mass is 314 g/mol. The minimum atomic E-state index is 0.495. The Kier molecular flexibility index (Phi) is 4.95. The lowest BCUT2D eigenvalue weighted by Crippen LogP contribution is -2.23. The van der Waals surface area contributed by atoms with Gasteiger partial charge in [0.1, 0.15) is 5.03 Å². The highest BCUT2D eigenvalue weighted by Crippen LogP contribution is 2.48. The average molecular weight is 314 g/mol. The molecule has 0 bridgehead atoms. The van der Waals surface area contributed by atoms with Crippen molar-refractivity contribution in [3.63, 3.8) is 0 Å². The molecule has 116 valence electrons. The van der Waals surface area contributed by atoms with E-state index in [0.717, 1.165) is 16.5 Å². The summed E-state index contributed by atoms with van der Waals surface area (Å²) in [6.45, 7) is 0.662. The number of anilines is 1. The normalized spacial score (nSPS) is 20.5. The molecule has 1 heterocycles. The topological polar surface area (TPSA) is 63.8 Å². The Morgan fingerprint density at radius 2 is 1.95 bits per heavy atom. The Bertz CT molecular complexity index is 617. The van der Waals surface area contributed by atoms with Crippen LogP contribution >= 0.6 is 11.8 Å². The molecule has 2 aromatic rings. The maximum atomic E-state index is 5.60. The van der Waals surface area contributed by atoms with Gasteiger partial charge in [0.05, 0.1) is 5.69 Å². The molecule has 3 N–H and O–H groups in total. The van der Waals surface area contributed by atoms with Crippen molar-refractivity contribution >= 4 is 17.7 Å². The third-order valence-electron chi connectivity index (χ3n) is 4.20. The van der Waals surface area contributed by atoms with E-state index in [-0.39, 0.29) is 0 Å². The molecule has 1 aromatic heterocycles. The van der Waals surface area contributed by atoms with E-state index < -0.39 is 0 Å². The summed E-state index contributed by atoms with van der Waals surface area (Å²) in [6, 6.07) is 12.9. The number of hydrogen-bond donors (Lipinski definition) is 2. The maximum absolute atomic E-state index is 5.60. The van der Waals surface area contributed by atoms with Gasteiger partial charge in [-0.05, 0) is 30.4 Å². The van der Waals surface area contributed by atoms with E-state index in [1.54, 1.807) is 11.8 Å². The molecule has 3 rings (SSSR count). The lowest BCUT2D eigenvalue weighted by Gasteiger charge is -2.36. The van der Waals surface area contributed by atoms with Crippen LogP contribution in [-0.2, 0) is 0 Å². The number of nitrogens with zero attached hydrogens (tertiary/aromatic N) is 2. The maximum Gasteiger partial charge on any atom is 0.223 e. The van der Waals surface area contributed by atoms with Gasteiger partial charge in [0.15, 0.2) is 0 Å². The fourth-order valence-electron chi connectivity index (χ4n) is 2.94. The van der Waals surface area contributed by atoms with Gasteiger partial charge in [-0.1, -0.05) is 30.3 Å². The van der Waals surface area contributed by atoms with Crippen LogP contribution in [0.4, 0.5) is 5.95 Å². The summed E-state index contributed by atoms with van der Waals surface area (Å²) in [5.41, 5.74) is 8.17. The fourth-order valence-corrected chi connectivity index (χ4v) is 3.62. The van der Waals surface area contributed by atoms with Gasteiger partial charge in [0.25, 0.3) is 0 Å². The van der Waals surface area contributed by atoms with Crippen molar-refractivity contribution in [2.24, 2.45) is 5.73 Å². The van der Waals surface area contributed by atoms with Gasteiger partial charge in [-0.15, -0.1) is 11.8 Å². The van der Waals surface area contributed by atoms with E-state index in [0.29, 0.717) is 24.3 Å². The Hall–Kier alpha value is -1.59. The van der Waals surface area contributed by atoms with Gasteiger partial charge in [-0.3, -0.25) is 0 Å². The smallest absolute Gasteiger partial charge is 0.223 e. The number of aromatic nitrogens is 2. The second-order valence-corrected chi connectivity index (χ2v) is 6.66. The van der Waals surface area contributed by atoms with Crippen molar-refractivity contribution < 1.29 is 0 Å². The number of benzene rings is 1. The van der Waals surface area contributed by atoms with E-state index in [4.69, 9.17) is 10.7 Å². The summed E-state index contributed by atoms with van der Waals surface area (Å²) in [5.74, 6) is 2.66. The zero-order valence-corrected chi connectivity index (χ0v) is 13.6. The van der Waals surface area contributed by atoms with Crippen LogP contribution in [0.25, 0.3) is 0 Å². The predicted molar refractivity (Wildman–Crippen MR) is 92.5 cm³/mol. The van der Waals surface area contributed by atoms with Crippen LogP contribution in [0.15, 0.2) is 41.4 Å². The molecule has 0 amide bonds. The van der Waals surface area contributed by atoms with Crippen molar-refractivity contribution in [1.82, 2.24) is 9.97 Å². The Labute approximate surface area is 135 Å². The van der Waals surface area contributed by atoms with E-state index in [1.165, 1.54) is 18.4 Å². The summed E-state index contributed by atoms with van der Waals surface area (Å²) in [7, 11) is 1.87. The molecule has 0 radical (unpaired) electrons. The van der Waals surface area contributed by atoms with Gasteiger partial charge >= 0.3 is 0 Å². The van der Waals surface area contributed by atoms with Gasteiger partial charge in [0, 0.05) is 25.3 Å². The van der Waals surface area contributed by atoms with E-state index >= 15 is 0 Å². The van der Waals surface area contributed by atoms with Crippen LogP contribution < -0.4 is 11.1 Å². The SMILES string of the molecule is CNc1nc(SCCN)cc([C@H]2CC[C@H]2c2ccccc2)n1. The molecule has 1 aliphatic carbocycles. The first-order valence-corrected chi connectivity index (χ1v) is 8.75. The molecule has 1 aliphatic rings. The Balaban J connectivity index is 1.84. The minimum absolute atomic E-state index is 0.495. The average Bonchev–Trinajstić information content (AvgIpc) is 2.52. The summed E-state index contributed by atoms with van der Waals surface area (Å²) >= 11 is 1.70. The molecule has 5 heteroatoms. The molecule has 0 spiro atoms. The highest BCUT2D eigenvalue weighted by Gasteiger charge is 2.34. The summed E-state index contributed by atoms with van der Waals surface area (Å²) in [5, 5.41) is 4.09. The van der Waals surface area contributed by atoms with Crippen molar-refractivity contribution in [2.75, 3.05) is 24.7 Å². The third kappa shape index (κ3) is 3.25. The van der Waals surface area contributed by atoms with Crippen molar-refractivity contribution in [3.8, 4) is 0 Å². The summed E-state index contributed by atoms with van der Waals surface area (Å²) < 4.78 is 0. The number of rotatable bonds is 6. The quantitative estimate of drug-likeness (QED) is 0.633. The van der Waals surface area contributed by atoms with Crippen LogP contribution in [0, 0.1) is 0 Å². The molecule has 4 nitrogen and oxygen atoms in total. The van der Waals surface area contributed by atoms with E-state index in [2.05, 4.69) is 46.7 Å². The molecular formula is C17H22N4S. The molecule has 0 unspecified atom stereocenters. The third-order valence-corrected chi connectivity index (χ3v) is 5.14. The Morgan fingerprint density at radius 3 is 2.59 bits per heavy atom. The van der Waals surface area contributed by atoms with E-state index in [9.17, 15) is 0 Å². The number of hydrogen-bond acceptors (Lipinski definition) is 5. The zero-order valence-electron chi connectivity index (χ0n) is 12.8. The number of nitrogens with two attached hydrogens (primary N) is 1. The molecule has 0 saturated heterocycles. The molecule has 1 saturated carbocycles. The second kappa shape index (κ2) is 7.11. The van der Waals surface area contributed by atoms with Gasteiger partial charge < -0.3 is 11.1 Å². The van der Waals surface area contributed by atoms with Gasteiger partial charge in [0.2, 0.25) is 5.95 Å². The highest BCUT2D eigenvalue weighted by atomic mass is 32.2. The molecular weight excluding hydrogens is 292 g/mol. The second-order valence-electron chi connectivity index (χ2n) is 5.54. The molecule has 1 fully saturated rings. The van der Waals surface area contributed by atoms with Gasteiger partial charge in [-0.25, -0.2) is 9.97 Å². The summed E-state index contributed by atoms with van der Waals surface area (Å²) in [6.07, 6.45) is 2.43. The first-order chi connectivity index (χ1) is 10.8. The fraction of sp³-hybridized carbons (Fsp3) is 0.412. The standard InChI is InChI=1S/C17H22N4S/c1-19-17-20-15(11-16(21-17)22-10-9-18)14-8-7-13(14)12-5-3-2-4-6-12/h2-6,11,13-14H,7-10,18H2,1H3,(H,19,20,21)/t13-,14-/m0/s1. The molecule has 22 heavy (non-hydrogen) atoms. The van der Waals surface area contributed by atoms with Crippen molar-refractivity contribution in [2.45, 2.75) is 29.7 Å². The Morgan fingerprint density at radius 1 is 1.18 bits per heavy atom. The zero-order chi connectivity index (χ0) is 15.4. The number of thioether (sulfide) groups is 1. The van der Waals surface area contributed by atoms with Crippen LogP contribution in [0.3, 0.4) is 0 Å². The first kappa shape index (κ1) is 15.3. The largest absolute Gasteiger partial charge is 0.357 e. The van der Waals surface area contributed by atoms with Gasteiger partial charge in [-0.2, -0.15) is 0 Å². The molecule has 0 aliphatic heterocycles. The molecule has 2 atom stereocenters. The minimum Gasteiger partial charge on any atom is -0.357 e. The lowest BCUT2D eigenvalue weighted by atomic mass is 9.68. The molecule has 1 aromatic carbocycles. The van der Waals surface area contributed by atoms with Crippen LogP contribution in [-0.4, -0.2) is 29.3 Å². The van der Waals surface area contributed by atoms with Crippen molar-refractivity contribution in [1.29, 1.82) is 0 Å². The van der Waals surface area contributed by atoms with Crippen LogP contribution in [0.1, 0.15) is 35.9 Å². The van der Waals surface area contributed by atoms with Crippen LogP contribution in [0.5, 0.6) is 0 Å².